The molecule has 14 heavy (non-hydrogen) atoms. The van der Waals surface area contributed by atoms with E-state index in [0.29, 0.717) is 6.42 Å². The van der Waals surface area contributed by atoms with Gasteiger partial charge in [-0.25, -0.2) is 0 Å². The summed E-state index contributed by atoms with van der Waals surface area (Å²) in [7, 11) is 1.84. The van der Waals surface area contributed by atoms with Crippen LogP contribution in [-0.4, -0.2) is 27.1 Å². The second-order valence-electron chi connectivity index (χ2n) is 4.12. The number of ether oxygens (including phenoxy) is 1. The number of aliphatic hydroxyl groups is 1. The first-order chi connectivity index (χ1) is 6.52. The highest BCUT2D eigenvalue weighted by Gasteiger charge is 2.45. The van der Waals surface area contributed by atoms with Crippen LogP contribution in [0.5, 0.6) is 0 Å². The van der Waals surface area contributed by atoms with E-state index in [9.17, 15) is 5.11 Å². The lowest BCUT2D eigenvalue weighted by Gasteiger charge is -2.24. The van der Waals surface area contributed by atoms with Gasteiger partial charge in [-0.15, -0.1) is 0 Å². The van der Waals surface area contributed by atoms with Gasteiger partial charge in [-0.3, -0.25) is 4.68 Å². The molecule has 3 atom stereocenters. The van der Waals surface area contributed by atoms with Gasteiger partial charge in [0.1, 0.15) is 5.60 Å². The molecule has 2 heterocycles. The molecule has 78 valence electrons. The first-order valence-corrected chi connectivity index (χ1v) is 4.89. The molecule has 0 spiro atoms. The third-order valence-corrected chi connectivity index (χ3v) is 2.91. The van der Waals surface area contributed by atoms with Crippen LogP contribution in [0.2, 0.25) is 0 Å². The van der Waals surface area contributed by atoms with E-state index >= 15 is 0 Å². The number of rotatable bonds is 1. The van der Waals surface area contributed by atoms with Crippen molar-refractivity contribution in [2.75, 3.05) is 0 Å². The molecule has 1 aliphatic heterocycles. The summed E-state index contributed by atoms with van der Waals surface area (Å²) in [6, 6.07) is 0. The fourth-order valence-electron chi connectivity index (χ4n) is 2.11. The number of hydrogen-bond donors (Lipinski definition) is 1. The molecule has 0 radical (unpaired) electrons. The summed E-state index contributed by atoms with van der Waals surface area (Å²) < 4.78 is 7.25. The molecule has 2 rings (SSSR count). The Kier molecular flexibility index (Phi) is 2.12. The van der Waals surface area contributed by atoms with Crippen molar-refractivity contribution in [3.8, 4) is 0 Å². The van der Waals surface area contributed by atoms with Crippen LogP contribution in [0.15, 0.2) is 12.4 Å². The fourth-order valence-corrected chi connectivity index (χ4v) is 2.11. The van der Waals surface area contributed by atoms with Gasteiger partial charge in [0.2, 0.25) is 0 Å². The predicted octanol–water partition coefficient (Wildman–Crippen LogP) is 0.805. The molecule has 1 saturated heterocycles. The monoisotopic (exact) mass is 196 g/mol. The van der Waals surface area contributed by atoms with Crippen molar-refractivity contribution in [2.45, 2.75) is 38.1 Å². The van der Waals surface area contributed by atoms with Crippen LogP contribution >= 0.6 is 0 Å². The third kappa shape index (κ3) is 1.35. The largest absolute Gasteiger partial charge is 0.382 e. The molecule has 0 bridgehead atoms. The van der Waals surface area contributed by atoms with E-state index in [1.165, 1.54) is 0 Å². The molecule has 0 aromatic carbocycles. The first kappa shape index (κ1) is 9.68. The van der Waals surface area contributed by atoms with Crippen molar-refractivity contribution in [2.24, 2.45) is 7.05 Å². The molecule has 0 aliphatic carbocycles. The normalized spacial score (nSPS) is 37.7. The Balaban J connectivity index is 2.32. The van der Waals surface area contributed by atoms with Crippen molar-refractivity contribution in [3.05, 3.63) is 18.0 Å². The summed E-state index contributed by atoms with van der Waals surface area (Å²) in [6.45, 7) is 3.88. The fraction of sp³-hybridized carbons (Fsp3) is 0.700. The van der Waals surface area contributed by atoms with Crippen molar-refractivity contribution >= 4 is 0 Å². The molecule has 0 saturated carbocycles. The van der Waals surface area contributed by atoms with Gasteiger partial charge < -0.3 is 9.84 Å². The van der Waals surface area contributed by atoms with Crippen LogP contribution in [0.25, 0.3) is 0 Å². The Morgan fingerprint density at radius 1 is 1.64 bits per heavy atom. The van der Waals surface area contributed by atoms with E-state index in [2.05, 4.69) is 5.10 Å². The van der Waals surface area contributed by atoms with Crippen molar-refractivity contribution < 1.29 is 9.84 Å². The molecule has 4 nitrogen and oxygen atoms in total. The van der Waals surface area contributed by atoms with Crippen LogP contribution in [-0.2, 0) is 17.4 Å². The number of aryl methyl sites for hydroxylation is 1. The second kappa shape index (κ2) is 3.07. The van der Waals surface area contributed by atoms with Crippen molar-refractivity contribution in [1.29, 1.82) is 0 Å². The molecule has 4 heteroatoms. The van der Waals surface area contributed by atoms with Gasteiger partial charge in [-0.1, -0.05) is 0 Å². The Labute approximate surface area is 83.5 Å². The molecule has 1 aromatic heterocycles. The topological polar surface area (TPSA) is 47.3 Å². The minimum atomic E-state index is -0.867. The van der Waals surface area contributed by atoms with Crippen molar-refractivity contribution in [3.63, 3.8) is 0 Å². The van der Waals surface area contributed by atoms with Crippen LogP contribution < -0.4 is 0 Å². The van der Waals surface area contributed by atoms with E-state index in [4.69, 9.17) is 4.74 Å². The van der Waals surface area contributed by atoms with Crippen LogP contribution in [0.4, 0.5) is 0 Å². The van der Waals surface area contributed by atoms with Crippen LogP contribution in [0.3, 0.4) is 0 Å². The van der Waals surface area contributed by atoms with Gasteiger partial charge in [0.15, 0.2) is 0 Å². The van der Waals surface area contributed by atoms with Gasteiger partial charge >= 0.3 is 0 Å². The van der Waals surface area contributed by atoms with Gasteiger partial charge in [0.05, 0.1) is 18.4 Å². The summed E-state index contributed by atoms with van der Waals surface area (Å²) in [6.07, 6.45) is 4.13. The Bertz CT molecular complexity index is 337. The van der Waals surface area contributed by atoms with E-state index in [1.807, 2.05) is 27.1 Å². The highest BCUT2D eigenvalue weighted by atomic mass is 16.5. The maximum atomic E-state index is 10.4. The average molecular weight is 196 g/mol. The van der Waals surface area contributed by atoms with E-state index in [-0.39, 0.29) is 12.2 Å². The zero-order valence-electron chi connectivity index (χ0n) is 8.77. The molecule has 1 aliphatic rings. The summed E-state index contributed by atoms with van der Waals surface area (Å²) in [5.41, 5.74) is -0.0231. The third-order valence-electron chi connectivity index (χ3n) is 2.91. The summed E-state index contributed by atoms with van der Waals surface area (Å²) in [5.74, 6) is 0. The number of nitrogens with zero attached hydrogens (tertiary/aromatic N) is 2. The molecule has 1 fully saturated rings. The zero-order valence-corrected chi connectivity index (χ0v) is 8.77. The average Bonchev–Trinajstić information content (AvgIpc) is 2.59. The highest BCUT2D eigenvalue weighted by molar-refractivity contribution is 5.19. The van der Waals surface area contributed by atoms with E-state index in [1.54, 1.807) is 10.9 Å². The Morgan fingerprint density at radius 3 is 2.79 bits per heavy atom. The molecular formula is C10H16N2O2. The minimum absolute atomic E-state index is 0.107. The van der Waals surface area contributed by atoms with Gasteiger partial charge in [0, 0.05) is 25.2 Å². The van der Waals surface area contributed by atoms with E-state index in [0.717, 1.165) is 5.56 Å². The molecule has 1 N–H and O–H groups in total. The van der Waals surface area contributed by atoms with Gasteiger partial charge in [-0.05, 0) is 13.8 Å². The number of hydrogen-bond acceptors (Lipinski definition) is 3. The summed E-state index contributed by atoms with van der Waals surface area (Å²) in [5, 5.41) is 14.5. The standard InChI is InChI=1S/C10H16N2O2/c1-7-4-10(13,8(2)14-7)9-5-11-12(3)6-9/h5-8,13H,4H2,1-3H3. The molecule has 3 unspecified atom stereocenters. The minimum Gasteiger partial charge on any atom is -0.382 e. The maximum absolute atomic E-state index is 10.4. The second-order valence-corrected chi connectivity index (χ2v) is 4.12. The Morgan fingerprint density at radius 2 is 2.36 bits per heavy atom. The zero-order chi connectivity index (χ0) is 10.3. The lowest BCUT2D eigenvalue weighted by atomic mass is 9.89. The lowest BCUT2D eigenvalue weighted by Crippen LogP contribution is -2.32. The first-order valence-electron chi connectivity index (χ1n) is 4.89. The van der Waals surface area contributed by atoms with Gasteiger partial charge in [0.25, 0.3) is 0 Å². The van der Waals surface area contributed by atoms with E-state index < -0.39 is 5.60 Å². The molecule has 0 amide bonds. The van der Waals surface area contributed by atoms with Crippen LogP contribution in [0, 0.1) is 0 Å². The van der Waals surface area contributed by atoms with Gasteiger partial charge in [-0.2, -0.15) is 5.10 Å². The Hall–Kier alpha value is -0.870. The van der Waals surface area contributed by atoms with Crippen LogP contribution in [0.1, 0.15) is 25.8 Å². The highest BCUT2D eigenvalue weighted by Crippen LogP contribution is 2.38. The summed E-state index contributed by atoms with van der Waals surface area (Å²) in [4.78, 5) is 0. The maximum Gasteiger partial charge on any atom is 0.121 e. The summed E-state index contributed by atoms with van der Waals surface area (Å²) >= 11 is 0. The quantitative estimate of drug-likeness (QED) is 0.723. The van der Waals surface area contributed by atoms with Crippen molar-refractivity contribution in [1.82, 2.24) is 9.78 Å². The molecule has 1 aromatic rings. The number of aromatic nitrogens is 2. The smallest absolute Gasteiger partial charge is 0.121 e. The predicted molar refractivity (Wildman–Crippen MR) is 51.7 cm³/mol. The lowest BCUT2D eigenvalue weighted by molar-refractivity contribution is -0.0392. The molecular weight excluding hydrogens is 180 g/mol. The SMILES string of the molecule is CC1CC(O)(c2cnn(C)c2)C(C)O1.